The molecule has 0 aliphatic carbocycles. The molecule has 1 heterocycles. The average Bonchev–Trinajstić information content (AvgIpc) is 2.86. The molecule has 9 heteroatoms. The molecule has 0 spiro atoms. The highest BCUT2D eigenvalue weighted by Crippen LogP contribution is 2.33. The number of aromatic hydroxyl groups is 1. The van der Waals surface area contributed by atoms with Crippen LogP contribution in [0.15, 0.2) is 17.0 Å². The molecule has 0 radical (unpaired) electrons. The quantitative estimate of drug-likeness (QED) is 0.811. The van der Waals surface area contributed by atoms with E-state index in [4.69, 9.17) is 11.6 Å². The highest BCUT2D eigenvalue weighted by Gasteiger charge is 2.31. The summed E-state index contributed by atoms with van der Waals surface area (Å²) in [5, 5.41) is 11.8. The van der Waals surface area contributed by atoms with Crippen LogP contribution in [0.5, 0.6) is 5.75 Å². The largest absolute Gasteiger partial charge is 0.505 e. The van der Waals surface area contributed by atoms with Crippen LogP contribution < -0.4 is 5.32 Å². The number of rotatable bonds is 3. The van der Waals surface area contributed by atoms with Crippen LogP contribution in [0.25, 0.3) is 0 Å². The standard InChI is InChI=1S/C11H11ClFNO5S/c12-7-4-6(13)5-9(10(7)15)20(17,18)19-11(16)8-2-1-3-14-8/h4-5,8,14-15H,1-3H2/t8-/m0/s1. The van der Waals surface area contributed by atoms with E-state index >= 15 is 0 Å². The molecule has 0 unspecified atom stereocenters. The van der Waals surface area contributed by atoms with E-state index in [0.29, 0.717) is 19.0 Å². The van der Waals surface area contributed by atoms with E-state index in [1.54, 1.807) is 0 Å². The number of carbonyl (C=O) groups excluding carboxylic acids is 1. The molecule has 1 aliphatic heterocycles. The third-order valence-corrected chi connectivity index (χ3v) is 4.32. The van der Waals surface area contributed by atoms with Gasteiger partial charge in [0.05, 0.1) is 5.02 Å². The van der Waals surface area contributed by atoms with E-state index in [-0.39, 0.29) is 0 Å². The summed E-state index contributed by atoms with van der Waals surface area (Å²) in [6.45, 7) is 0.580. The first kappa shape index (κ1) is 15.0. The topological polar surface area (TPSA) is 92.7 Å². The zero-order chi connectivity index (χ0) is 14.9. The SMILES string of the molecule is O=C(OS(=O)(=O)c1cc(F)cc(Cl)c1O)[C@@H]1CCCN1. The summed E-state index contributed by atoms with van der Waals surface area (Å²) in [7, 11) is -4.64. The van der Waals surface area contributed by atoms with Gasteiger partial charge in [0.2, 0.25) is 0 Å². The van der Waals surface area contributed by atoms with Gasteiger partial charge in [0, 0.05) is 0 Å². The van der Waals surface area contributed by atoms with Gasteiger partial charge in [-0.05, 0) is 31.5 Å². The zero-order valence-electron chi connectivity index (χ0n) is 10.1. The van der Waals surface area contributed by atoms with Crippen LogP contribution in [0.3, 0.4) is 0 Å². The van der Waals surface area contributed by atoms with Crippen molar-refractivity contribution in [1.29, 1.82) is 0 Å². The van der Waals surface area contributed by atoms with Gasteiger partial charge in [0.15, 0.2) is 10.6 Å². The molecule has 1 fully saturated rings. The normalized spacial score (nSPS) is 19.0. The number of halogens is 2. The Bertz CT molecular complexity index is 642. The molecule has 1 aliphatic rings. The first-order chi connectivity index (χ1) is 9.31. The van der Waals surface area contributed by atoms with Gasteiger partial charge in [-0.3, -0.25) is 0 Å². The number of hydrogen-bond donors (Lipinski definition) is 2. The van der Waals surface area contributed by atoms with Crippen LogP contribution in [-0.2, 0) is 19.1 Å². The minimum atomic E-state index is -4.64. The minimum Gasteiger partial charge on any atom is -0.505 e. The molecule has 1 saturated heterocycles. The molecule has 2 rings (SSSR count). The summed E-state index contributed by atoms with van der Waals surface area (Å²) in [4.78, 5) is 10.8. The summed E-state index contributed by atoms with van der Waals surface area (Å²) in [5.41, 5.74) is 0. The molecule has 0 saturated carbocycles. The molecular weight excluding hydrogens is 313 g/mol. The van der Waals surface area contributed by atoms with Gasteiger partial charge in [-0.15, -0.1) is 0 Å². The number of phenols is 1. The van der Waals surface area contributed by atoms with Crippen molar-refractivity contribution in [3.63, 3.8) is 0 Å². The maximum absolute atomic E-state index is 13.2. The lowest BCUT2D eigenvalue weighted by molar-refractivity contribution is -0.135. The first-order valence-electron chi connectivity index (χ1n) is 5.71. The molecular formula is C11H11ClFNO5S. The van der Waals surface area contributed by atoms with Crippen molar-refractivity contribution in [2.45, 2.75) is 23.8 Å². The van der Waals surface area contributed by atoms with Crippen molar-refractivity contribution >= 4 is 27.7 Å². The van der Waals surface area contributed by atoms with Gasteiger partial charge in [-0.2, -0.15) is 8.42 Å². The third kappa shape index (κ3) is 3.02. The second-order valence-electron chi connectivity index (χ2n) is 4.24. The van der Waals surface area contributed by atoms with Crippen LogP contribution in [-0.4, -0.2) is 32.1 Å². The molecule has 2 N–H and O–H groups in total. The minimum absolute atomic E-state index is 0.449. The fourth-order valence-electron chi connectivity index (χ4n) is 1.83. The fraction of sp³-hybridized carbons (Fsp3) is 0.364. The van der Waals surface area contributed by atoms with Crippen LogP contribution >= 0.6 is 11.6 Å². The summed E-state index contributed by atoms with van der Waals surface area (Å²) < 4.78 is 41.3. The van der Waals surface area contributed by atoms with Crippen molar-refractivity contribution in [3.8, 4) is 5.75 Å². The lowest BCUT2D eigenvalue weighted by Gasteiger charge is -2.11. The van der Waals surface area contributed by atoms with Gasteiger partial charge in [-0.25, -0.2) is 9.18 Å². The summed E-state index contributed by atoms with van der Waals surface area (Å²) in [6, 6.07) is 0.554. The zero-order valence-corrected chi connectivity index (χ0v) is 11.7. The molecule has 0 amide bonds. The van der Waals surface area contributed by atoms with E-state index in [1.807, 2.05) is 0 Å². The lowest BCUT2D eigenvalue weighted by Crippen LogP contribution is -2.33. The van der Waals surface area contributed by atoms with Crippen LogP contribution in [0.4, 0.5) is 4.39 Å². The lowest BCUT2D eigenvalue weighted by atomic mass is 10.2. The van der Waals surface area contributed by atoms with E-state index < -0.39 is 43.6 Å². The monoisotopic (exact) mass is 323 g/mol. The molecule has 1 aromatic carbocycles. The number of carbonyl (C=O) groups is 1. The maximum atomic E-state index is 13.2. The molecule has 20 heavy (non-hydrogen) atoms. The highest BCUT2D eigenvalue weighted by atomic mass is 35.5. The van der Waals surface area contributed by atoms with Crippen molar-refractivity contribution in [2.24, 2.45) is 0 Å². The molecule has 1 aromatic rings. The number of phenolic OH excluding ortho intramolecular Hbond substituents is 1. The molecule has 0 bridgehead atoms. The Morgan fingerprint density at radius 3 is 2.80 bits per heavy atom. The third-order valence-electron chi connectivity index (χ3n) is 2.80. The highest BCUT2D eigenvalue weighted by molar-refractivity contribution is 7.87. The van der Waals surface area contributed by atoms with Gasteiger partial charge in [0.1, 0.15) is 11.9 Å². The Morgan fingerprint density at radius 2 is 2.20 bits per heavy atom. The van der Waals surface area contributed by atoms with Gasteiger partial charge in [0.25, 0.3) is 0 Å². The fourth-order valence-corrected chi connectivity index (χ4v) is 3.12. The van der Waals surface area contributed by atoms with Gasteiger partial charge < -0.3 is 14.6 Å². The molecule has 1 atom stereocenters. The van der Waals surface area contributed by atoms with E-state index in [1.165, 1.54) is 0 Å². The summed E-state index contributed by atoms with van der Waals surface area (Å²) >= 11 is 5.48. The summed E-state index contributed by atoms with van der Waals surface area (Å²) in [6.07, 6.45) is 1.17. The predicted molar refractivity (Wildman–Crippen MR) is 67.4 cm³/mol. The second-order valence-corrected chi connectivity index (χ2v) is 6.16. The van der Waals surface area contributed by atoms with Crippen molar-refractivity contribution in [2.75, 3.05) is 6.54 Å². The maximum Gasteiger partial charge on any atom is 0.345 e. The van der Waals surface area contributed by atoms with Crippen molar-refractivity contribution in [1.82, 2.24) is 5.32 Å². The van der Waals surface area contributed by atoms with Crippen LogP contribution in [0.2, 0.25) is 5.02 Å². The molecule has 110 valence electrons. The van der Waals surface area contributed by atoms with Crippen molar-refractivity contribution < 1.29 is 26.9 Å². The number of nitrogens with one attached hydrogen (secondary N) is 1. The second kappa shape index (κ2) is 5.55. The average molecular weight is 324 g/mol. The van der Waals surface area contributed by atoms with E-state index in [0.717, 1.165) is 12.5 Å². The van der Waals surface area contributed by atoms with E-state index in [9.17, 15) is 22.7 Å². The number of benzene rings is 1. The van der Waals surface area contributed by atoms with E-state index in [2.05, 4.69) is 9.50 Å². The Balaban J connectivity index is 2.28. The Hall–Kier alpha value is -1.38. The predicted octanol–water partition coefficient (Wildman–Crippen LogP) is 1.17. The molecule has 0 aromatic heterocycles. The van der Waals surface area contributed by atoms with Crippen LogP contribution in [0, 0.1) is 5.82 Å². The van der Waals surface area contributed by atoms with Gasteiger partial charge >= 0.3 is 16.1 Å². The smallest absolute Gasteiger partial charge is 0.345 e. The van der Waals surface area contributed by atoms with Crippen LogP contribution in [0.1, 0.15) is 12.8 Å². The number of hydrogen-bond acceptors (Lipinski definition) is 6. The molecule has 6 nitrogen and oxygen atoms in total. The summed E-state index contributed by atoms with van der Waals surface area (Å²) in [5.74, 6) is -2.83. The first-order valence-corrected chi connectivity index (χ1v) is 7.49. The van der Waals surface area contributed by atoms with Crippen molar-refractivity contribution in [3.05, 3.63) is 23.0 Å². The Kier molecular flexibility index (Phi) is 4.17. The Labute approximate surface area is 119 Å². The van der Waals surface area contributed by atoms with Gasteiger partial charge in [-0.1, -0.05) is 11.6 Å². The Morgan fingerprint density at radius 1 is 1.50 bits per heavy atom.